The van der Waals surface area contributed by atoms with Crippen LogP contribution in [0.3, 0.4) is 0 Å². The topological polar surface area (TPSA) is 76.1 Å². The van der Waals surface area contributed by atoms with Gasteiger partial charge in [0, 0.05) is 18.0 Å². The van der Waals surface area contributed by atoms with E-state index in [1.165, 1.54) is 12.4 Å². The first-order valence-corrected chi connectivity index (χ1v) is 9.33. The highest BCUT2D eigenvalue weighted by Gasteiger charge is 2.23. The average Bonchev–Trinajstić information content (AvgIpc) is 3.52. The van der Waals surface area contributed by atoms with Gasteiger partial charge in [-0.05, 0) is 49.1 Å². The van der Waals surface area contributed by atoms with Gasteiger partial charge in [0.25, 0.3) is 5.91 Å². The third-order valence-corrected chi connectivity index (χ3v) is 4.56. The van der Waals surface area contributed by atoms with E-state index in [9.17, 15) is 9.18 Å². The molecule has 1 aliphatic rings. The van der Waals surface area contributed by atoms with Crippen molar-refractivity contribution in [2.45, 2.75) is 25.3 Å². The predicted molar refractivity (Wildman–Crippen MR) is 105 cm³/mol. The normalized spacial score (nSPS) is 13.3. The maximum Gasteiger partial charge on any atom is 0.258 e. The quantitative estimate of drug-likeness (QED) is 0.628. The van der Waals surface area contributed by atoms with Crippen molar-refractivity contribution in [1.29, 1.82) is 0 Å². The Kier molecular flexibility index (Phi) is 5.32. The van der Waals surface area contributed by atoms with Gasteiger partial charge >= 0.3 is 0 Å². The number of benzene rings is 2. The number of hydrogen-bond donors (Lipinski definition) is 2. The molecule has 0 atom stereocenters. The van der Waals surface area contributed by atoms with Gasteiger partial charge < -0.3 is 15.4 Å². The second-order valence-corrected chi connectivity index (χ2v) is 6.81. The van der Waals surface area contributed by atoms with E-state index < -0.39 is 0 Å². The molecule has 7 heteroatoms. The van der Waals surface area contributed by atoms with Gasteiger partial charge in [0.1, 0.15) is 29.2 Å². The van der Waals surface area contributed by atoms with Crippen molar-refractivity contribution < 1.29 is 13.9 Å². The van der Waals surface area contributed by atoms with Crippen LogP contribution in [0, 0.1) is 5.82 Å². The van der Waals surface area contributed by atoms with Crippen LogP contribution in [0.25, 0.3) is 10.9 Å². The van der Waals surface area contributed by atoms with E-state index in [1.54, 1.807) is 12.1 Å². The van der Waals surface area contributed by atoms with E-state index in [4.69, 9.17) is 4.74 Å². The molecule has 0 bridgehead atoms. The molecule has 1 amide bonds. The molecule has 0 unspecified atom stereocenters. The van der Waals surface area contributed by atoms with E-state index in [1.807, 2.05) is 24.3 Å². The molecule has 3 aromatic rings. The monoisotopic (exact) mass is 380 g/mol. The molecule has 6 nitrogen and oxygen atoms in total. The zero-order valence-corrected chi connectivity index (χ0v) is 15.3. The summed E-state index contributed by atoms with van der Waals surface area (Å²) in [6, 6.07) is 12.8. The number of anilines is 1. The number of amides is 1. The molecule has 144 valence electrons. The van der Waals surface area contributed by atoms with Crippen molar-refractivity contribution in [2.75, 3.05) is 18.5 Å². The van der Waals surface area contributed by atoms with Gasteiger partial charge in [0.15, 0.2) is 6.61 Å². The number of carbonyl (C=O) groups excluding carboxylic acids is 1. The third kappa shape index (κ3) is 4.54. The van der Waals surface area contributed by atoms with Gasteiger partial charge in [-0.2, -0.15) is 0 Å². The highest BCUT2D eigenvalue weighted by Crippen LogP contribution is 2.21. The fourth-order valence-electron chi connectivity index (χ4n) is 2.92. The molecule has 0 spiro atoms. The molecule has 0 aliphatic heterocycles. The second-order valence-electron chi connectivity index (χ2n) is 6.81. The number of nitrogens with one attached hydrogen (secondary N) is 2. The molecule has 2 aromatic carbocycles. The summed E-state index contributed by atoms with van der Waals surface area (Å²) < 4.78 is 19.3. The Bertz CT molecular complexity index is 974. The highest BCUT2D eigenvalue weighted by atomic mass is 19.1. The molecule has 1 aliphatic carbocycles. The summed E-state index contributed by atoms with van der Waals surface area (Å²) in [6.07, 6.45) is 4.25. The number of aromatic nitrogens is 2. The zero-order valence-electron chi connectivity index (χ0n) is 15.3. The number of halogens is 1. The van der Waals surface area contributed by atoms with Crippen molar-refractivity contribution in [3.63, 3.8) is 0 Å². The lowest BCUT2D eigenvalue weighted by molar-refractivity contribution is -0.123. The van der Waals surface area contributed by atoms with E-state index in [-0.39, 0.29) is 18.3 Å². The number of hydrogen-bond acceptors (Lipinski definition) is 5. The van der Waals surface area contributed by atoms with Crippen LogP contribution in [-0.2, 0) is 11.2 Å². The average molecular weight is 380 g/mol. The van der Waals surface area contributed by atoms with Gasteiger partial charge in [-0.15, -0.1) is 0 Å². The summed E-state index contributed by atoms with van der Waals surface area (Å²) in [5, 5.41) is 6.79. The molecule has 1 fully saturated rings. The Morgan fingerprint density at radius 3 is 2.75 bits per heavy atom. The zero-order chi connectivity index (χ0) is 19.3. The molecular weight excluding hydrogens is 359 g/mol. The van der Waals surface area contributed by atoms with Gasteiger partial charge in [0.05, 0.1) is 0 Å². The van der Waals surface area contributed by atoms with Crippen molar-refractivity contribution in [3.8, 4) is 5.75 Å². The van der Waals surface area contributed by atoms with E-state index in [0.717, 1.165) is 24.8 Å². The van der Waals surface area contributed by atoms with Crippen LogP contribution in [0.1, 0.15) is 18.4 Å². The summed E-state index contributed by atoms with van der Waals surface area (Å²) in [6.45, 7) is 0.682. The van der Waals surface area contributed by atoms with Gasteiger partial charge in [-0.1, -0.05) is 18.2 Å². The Labute approximate surface area is 162 Å². The van der Waals surface area contributed by atoms with Crippen molar-refractivity contribution in [1.82, 2.24) is 15.3 Å². The van der Waals surface area contributed by atoms with Crippen LogP contribution >= 0.6 is 0 Å². The highest BCUT2D eigenvalue weighted by molar-refractivity contribution is 5.89. The predicted octanol–water partition coefficient (Wildman–Crippen LogP) is 3.08. The van der Waals surface area contributed by atoms with Crippen molar-refractivity contribution in [2.24, 2.45) is 0 Å². The first kappa shape index (κ1) is 18.2. The largest absolute Gasteiger partial charge is 0.484 e. The van der Waals surface area contributed by atoms with Crippen LogP contribution in [-0.4, -0.2) is 35.1 Å². The lowest BCUT2D eigenvalue weighted by Gasteiger charge is -2.10. The fraction of sp³-hybridized carbons (Fsp3) is 0.286. The molecule has 28 heavy (non-hydrogen) atoms. The van der Waals surface area contributed by atoms with Crippen LogP contribution in [0.2, 0.25) is 0 Å². The van der Waals surface area contributed by atoms with E-state index in [0.29, 0.717) is 35.1 Å². The van der Waals surface area contributed by atoms with Gasteiger partial charge in [-0.25, -0.2) is 14.4 Å². The van der Waals surface area contributed by atoms with E-state index >= 15 is 0 Å². The molecule has 2 N–H and O–H groups in total. The molecule has 0 radical (unpaired) electrons. The lowest BCUT2D eigenvalue weighted by Crippen LogP contribution is -2.30. The molecule has 1 heterocycles. The van der Waals surface area contributed by atoms with Gasteiger partial charge in [-0.3, -0.25) is 4.79 Å². The summed E-state index contributed by atoms with van der Waals surface area (Å²) >= 11 is 0. The van der Waals surface area contributed by atoms with E-state index in [2.05, 4.69) is 20.6 Å². The molecule has 0 saturated heterocycles. The number of ether oxygens (including phenoxy) is 1. The third-order valence-electron chi connectivity index (χ3n) is 4.56. The second kappa shape index (κ2) is 8.21. The number of fused-ring (bicyclic) bond motifs is 1. The Balaban J connectivity index is 1.28. The number of nitrogens with zero attached hydrogens (tertiary/aromatic N) is 2. The lowest BCUT2D eigenvalue weighted by atomic mass is 10.1. The summed E-state index contributed by atoms with van der Waals surface area (Å²) in [4.78, 5) is 19.9. The van der Waals surface area contributed by atoms with Crippen molar-refractivity contribution in [3.05, 3.63) is 60.2 Å². The van der Waals surface area contributed by atoms with Crippen LogP contribution in [0.15, 0.2) is 48.8 Å². The fourth-order valence-corrected chi connectivity index (χ4v) is 2.92. The maximum absolute atomic E-state index is 13.8. The summed E-state index contributed by atoms with van der Waals surface area (Å²) in [5.41, 5.74) is 1.43. The minimum Gasteiger partial charge on any atom is -0.484 e. The Morgan fingerprint density at radius 2 is 1.96 bits per heavy atom. The number of carbonyl (C=O) groups is 1. The van der Waals surface area contributed by atoms with Crippen molar-refractivity contribution >= 4 is 22.6 Å². The number of para-hydroxylation sites is 1. The minimum atomic E-state index is -0.357. The summed E-state index contributed by atoms with van der Waals surface area (Å²) in [7, 11) is 0. The molecule has 1 saturated carbocycles. The van der Waals surface area contributed by atoms with Crippen LogP contribution in [0.4, 0.5) is 10.2 Å². The molecule has 1 aromatic heterocycles. The van der Waals surface area contributed by atoms with Crippen LogP contribution < -0.4 is 15.4 Å². The molecule has 4 rings (SSSR count). The van der Waals surface area contributed by atoms with Crippen LogP contribution in [0.5, 0.6) is 5.75 Å². The number of rotatable bonds is 8. The Morgan fingerprint density at radius 1 is 1.14 bits per heavy atom. The Hall–Kier alpha value is -3.22. The summed E-state index contributed by atoms with van der Waals surface area (Å²) in [5.74, 6) is 0.847. The maximum atomic E-state index is 13.8. The SMILES string of the molecule is O=C(COc1ccc(CCNc2ncnc3c(F)cccc23)cc1)NC1CC1. The first-order chi connectivity index (χ1) is 13.7. The molecular formula is C21H21FN4O2. The first-order valence-electron chi connectivity index (χ1n) is 9.33. The standard InChI is InChI=1S/C21H21FN4O2/c22-18-3-1-2-17-20(18)24-13-25-21(17)23-11-10-14-4-8-16(9-5-14)28-12-19(27)26-15-6-7-15/h1-5,8-9,13,15H,6-7,10-12H2,(H,26,27)(H,23,24,25). The van der Waals surface area contributed by atoms with Gasteiger partial charge in [0.2, 0.25) is 0 Å². The minimum absolute atomic E-state index is 0.0365. The smallest absolute Gasteiger partial charge is 0.258 e.